The fourth-order valence-electron chi connectivity index (χ4n) is 7.07. The summed E-state index contributed by atoms with van der Waals surface area (Å²) in [5.41, 5.74) is 0.249. The van der Waals surface area contributed by atoms with Crippen molar-refractivity contribution in [1.82, 2.24) is 0 Å². The molecule has 0 aromatic rings. The molecule has 1 unspecified atom stereocenters. The van der Waals surface area contributed by atoms with E-state index in [1.165, 1.54) is 32.6 Å². The van der Waals surface area contributed by atoms with E-state index in [1.54, 1.807) is 6.92 Å². The van der Waals surface area contributed by atoms with Crippen LogP contribution < -0.4 is 0 Å². The van der Waals surface area contributed by atoms with Gasteiger partial charge in [0.2, 0.25) is 0 Å². The van der Waals surface area contributed by atoms with Crippen LogP contribution >= 0.6 is 0 Å². The second kappa shape index (κ2) is 6.70. The van der Waals surface area contributed by atoms with Gasteiger partial charge in [-0.15, -0.1) is 0 Å². The molecule has 3 rings (SSSR count). The molecule has 3 saturated carbocycles. The first-order valence-electron chi connectivity index (χ1n) is 10.4. The Labute approximate surface area is 153 Å². The highest BCUT2D eigenvalue weighted by molar-refractivity contribution is 5.82. The van der Waals surface area contributed by atoms with Gasteiger partial charge in [-0.3, -0.25) is 9.59 Å². The van der Waals surface area contributed by atoms with E-state index in [1.807, 2.05) is 0 Å². The van der Waals surface area contributed by atoms with E-state index in [0.29, 0.717) is 29.0 Å². The number of fused-ring (bicyclic) bond motifs is 3. The summed E-state index contributed by atoms with van der Waals surface area (Å²) in [5, 5.41) is 0. The lowest BCUT2D eigenvalue weighted by molar-refractivity contribution is -0.162. The average molecular weight is 349 g/mol. The maximum absolute atomic E-state index is 12.4. The molecular formula is C22H36O3. The van der Waals surface area contributed by atoms with E-state index < -0.39 is 0 Å². The van der Waals surface area contributed by atoms with Gasteiger partial charge in [-0.25, -0.2) is 0 Å². The van der Waals surface area contributed by atoms with Crippen LogP contribution in [0.4, 0.5) is 0 Å². The van der Waals surface area contributed by atoms with Crippen LogP contribution in [0, 0.1) is 34.5 Å². The lowest BCUT2D eigenvalue weighted by Crippen LogP contribution is -2.55. The Hall–Kier alpha value is -0.860. The van der Waals surface area contributed by atoms with Gasteiger partial charge >= 0.3 is 5.97 Å². The van der Waals surface area contributed by atoms with E-state index in [0.717, 1.165) is 31.6 Å². The van der Waals surface area contributed by atoms with Crippen LogP contribution in [0.15, 0.2) is 0 Å². The van der Waals surface area contributed by atoms with Crippen LogP contribution in [0.25, 0.3) is 0 Å². The molecule has 3 fully saturated rings. The summed E-state index contributed by atoms with van der Waals surface area (Å²) >= 11 is 0. The van der Waals surface area contributed by atoms with Crippen LogP contribution in [-0.2, 0) is 14.3 Å². The Morgan fingerprint density at radius 2 is 1.76 bits per heavy atom. The van der Waals surface area contributed by atoms with Gasteiger partial charge in [-0.1, -0.05) is 27.2 Å². The van der Waals surface area contributed by atoms with Crippen molar-refractivity contribution in [2.75, 3.05) is 0 Å². The Bertz CT molecular complexity index is 541. The van der Waals surface area contributed by atoms with E-state index in [-0.39, 0.29) is 17.5 Å². The van der Waals surface area contributed by atoms with Gasteiger partial charge in [0.05, 0.1) is 0 Å². The summed E-state index contributed by atoms with van der Waals surface area (Å²) in [5.74, 6) is 2.90. The van der Waals surface area contributed by atoms with E-state index in [2.05, 4.69) is 20.8 Å². The minimum Gasteiger partial charge on any atom is -0.463 e. The summed E-state index contributed by atoms with van der Waals surface area (Å²) in [6.45, 7) is 10.3. The van der Waals surface area contributed by atoms with Gasteiger partial charge in [0.15, 0.2) is 0 Å². The number of ketones is 1. The van der Waals surface area contributed by atoms with E-state index in [9.17, 15) is 9.59 Å². The third-order valence-electron chi connectivity index (χ3n) is 8.58. The van der Waals surface area contributed by atoms with Gasteiger partial charge in [-0.2, -0.15) is 0 Å². The highest BCUT2D eigenvalue weighted by Gasteiger charge is 2.57. The first-order chi connectivity index (χ1) is 11.7. The fraction of sp³-hybridized carbons (Fsp3) is 0.909. The summed E-state index contributed by atoms with van der Waals surface area (Å²) in [4.78, 5) is 23.8. The smallest absolute Gasteiger partial charge is 0.302 e. The Kier molecular flexibility index (Phi) is 5.07. The van der Waals surface area contributed by atoms with Gasteiger partial charge in [0.25, 0.3) is 0 Å². The maximum atomic E-state index is 12.4. The zero-order valence-corrected chi connectivity index (χ0v) is 16.8. The van der Waals surface area contributed by atoms with Crippen molar-refractivity contribution < 1.29 is 14.3 Å². The first kappa shape index (κ1) is 18.9. The second-order valence-electron chi connectivity index (χ2n) is 9.58. The van der Waals surface area contributed by atoms with E-state index in [4.69, 9.17) is 4.74 Å². The number of esters is 1. The van der Waals surface area contributed by atoms with Crippen molar-refractivity contribution in [1.29, 1.82) is 0 Å². The maximum Gasteiger partial charge on any atom is 0.302 e. The molecule has 7 atom stereocenters. The largest absolute Gasteiger partial charge is 0.463 e. The molecule has 0 amide bonds. The number of carbonyl (C=O) groups excluding carboxylic acids is 2. The SMILES string of the molecule is CCC1[C@@H]2CC[C@H]3C[C@H](OC(C)=O)CC[C@]3(C)[C@H]2CC[C@]1(C)C(C)=O. The Morgan fingerprint density at radius 1 is 1.04 bits per heavy atom. The quantitative estimate of drug-likeness (QED) is 0.661. The molecule has 0 radical (unpaired) electrons. The zero-order chi connectivity index (χ0) is 18.4. The number of hydrogen-bond acceptors (Lipinski definition) is 3. The Morgan fingerprint density at radius 3 is 2.36 bits per heavy atom. The summed E-state index contributed by atoms with van der Waals surface area (Å²) < 4.78 is 5.54. The zero-order valence-electron chi connectivity index (χ0n) is 16.8. The molecular weight excluding hydrogens is 312 g/mol. The number of ether oxygens (including phenoxy) is 1. The van der Waals surface area contributed by atoms with Crippen molar-refractivity contribution in [2.45, 2.75) is 92.1 Å². The predicted octanol–water partition coefficient (Wildman–Crippen LogP) is 5.17. The summed E-state index contributed by atoms with van der Waals surface area (Å²) in [6, 6.07) is 0. The van der Waals surface area contributed by atoms with Gasteiger partial charge in [-0.05, 0) is 81.0 Å². The minimum absolute atomic E-state index is 0.117. The second-order valence-corrected chi connectivity index (χ2v) is 9.58. The highest BCUT2D eigenvalue weighted by atomic mass is 16.5. The van der Waals surface area contributed by atoms with Crippen molar-refractivity contribution in [3.63, 3.8) is 0 Å². The standard InChI is InChI=1S/C22H36O3/c1-6-19-18-8-7-16-13-17(25-15(3)24)9-11-22(16,5)20(18)10-12-21(19,4)14(2)23/h16-20H,6-13H2,1-5H3/t16-,17+,18-,19?,20-,21+,22-/m0/s1. The lowest BCUT2D eigenvalue weighted by Gasteiger charge is -2.61. The van der Waals surface area contributed by atoms with Crippen molar-refractivity contribution in [3.05, 3.63) is 0 Å². The van der Waals surface area contributed by atoms with Crippen LogP contribution in [0.5, 0.6) is 0 Å². The molecule has 0 aromatic carbocycles. The molecule has 25 heavy (non-hydrogen) atoms. The molecule has 0 heterocycles. The monoisotopic (exact) mass is 348 g/mol. The molecule has 0 spiro atoms. The van der Waals surface area contributed by atoms with Crippen LogP contribution in [0.2, 0.25) is 0 Å². The van der Waals surface area contributed by atoms with Crippen LogP contribution in [0.1, 0.15) is 86.0 Å². The van der Waals surface area contributed by atoms with Crippen molar-refractivity contribution in [3.8, 4) is 0 Å². The molecule has 3 nitrogen and oxygen atoms in total. The topological polar surface area (TPSA) is 43.4 Å². The minimum atomic E-state index is -0.136. The summed E-state index contributed by atoms with van der Waals surface area (Å²) in [6.07, 6.45) is 9.20. The van der Waals surface area contributed by atoms with Crippen molar-refractivity contribution >= 4 is 11.8 Å². The molecule has 0 N–H and O–H groups in total. The molecule has 0 saturated heterocycles. The van der Waals surface area contributed by atoms with Crippen LogP contribution in [-0.4, -0.2) is 17.9 Å². The molecule has 3 heteroatoms. The molecule has 0 aliphatic heterocycles. The van der Waals surface area contributed by atoms with Gasteiger partial charge in [0, 0.05) is 12.3 Å². The average Bonchev–Trinajstić information content (AvgIpc) is 2.54. The third kappa shape index (κ3) is 3.06. The fourth-order valence-corrected chi connectivity index (χ4v) is 7.07. The molecule has 142 valence electrons. The number of carbonyl (C=O) groups is 2. The van der Waals surface area contributed by atoms with Crippen molar-refractivity contribution in [2.24, 2.45) is 34.5 Å². The molecule has 0 aromatic heterocycles. The molecule has 3 aliphatic carbocycles. The van der Waals surface area contributed by atoms with Crippen LogP contribution in [0.3, 0.4) is 0 Å². The number of Topliss-reactive ketones (excluding diaryl/α,β-unsaturated/α-hetero) is 1. The Balaban J connectivity index is 1.81. The molecule has 3 aliphatic rings. The highest BCUT2D eigenvalue weighted by Crippen LogP contribution is 2.63. The van der Waals surface area contributed by atoms with E-state index >= 15 is 0 Å². The predicted molar refractivity (Wildman–Crippen MR) is 99.0 cm³/mol. The number of hydrogen-bond donors (Lipinski definition) is 0. The van der Waals surface area contributed by atoms with Gasteiger partial charge in [0.1, 0.15) is 11.9 Å². The first-order valence-corrected chi connectivity index (χ1v) is 10.4. The van der Waals surface area contributed by atoms with Gasteiger partial charge < -0.3 is 4.74 Å². The lowest BCUT2D eigenvalue weighted by atomic mass is 9.44. The molecule has 0 bridgehead atoms. The number of rotatable bonds is 3. The third-order valence-corrected chi connectivity index (χ3v) is 8.58. The normalized spacial score (nSPS) is 46.7. The summed E-state index contributed by atoms with van der Waals surface area (Å²) in [7, 11) is 0.